The molecule has 8 nitrogen and oxygen atoms in total. The van der Waals surface area contributed by atoms with E-state index in [1.165, 1.54) is 6.33 Å². The van der Waals surface area contributed by atoms with Crippen LogP contribution in [0.5, 0.6) is 0 Å². The molecule has 0 aliphatic rings. The molecule has 0 atom stereocenters. The average Bonchev–Trinajstić information content (AvgIpc) is 3.20. The van der Waals surface area contributed by atoms with Crippen LogP contribution in [0.15, 0.2) is 35.2 Å². The van der Waals surface area contributed by atoms with Gasteiger partial charge in [-0.2, -0.15) is 14.6 Å². The SMILES string of the molecule is CC(C)c1cc(NCc2ccc3nonc3c2)n2ncnc2n1. The van der Waals surface area contributed by atoms with Crippen LogP contribution in [0.3, 0.4) is 0 Å². The van der Waals surface area contributed by atoms with Crippen molar-refractivity contribution in [1.29, 1.82) is 0 Å². The van der Waals surface area contributed by atoms with Crippen molar-refractivity contribution in [2.75, 3.05) is 5.32 Å². The van der Waals surface area contributed by atoms with Crippen molar-refractivity contribution in [3.63, 3.8) is 0 Å². The monoisotopic (exact) mass is 309 g/mol. The number of hydrogen-bond donors (Lipinski definition) is 1. The van der Waals surface area contributed by atoms with Gasteiger partial charge in [0.15, 0.2) is 0 Å². The normalized spacial score (nSPS) is 11.6. The van der Waals surface area contributed by atoms with E-state index in [0.717, 1.165) is 28.1 Å². The van der Waals surface area contributed by atoms with Crippen molar-refractivity contribution in [1.82, 2.24) is 29.9 Å². The first-order chi connectivity index (χ1) is 11.2. The Bertz CT molecular complexity index is 972. The van der Waals surface area contributed by atoms with E-state index in [4.69, 9.17) is 4.63 Å². The summed E-state index contributed by atoms with van der Waals surface area (Å²) in [4.78, 5) is 8.68. The Labute approximate surface area is 131 Å². The van der Waals surface area contributed by atoms with Crippen LogP contribution < -0.4 is 5.32 Å². The predicted octanol–water partition coefficient (Wildman–Crippen LogP) is 2.40. The summed E-state index contributed by atoms with van der Waals surface area (Å²) in [6, 6.07) is 7.83. The summed E-state index contributed by atoms with van der Waals surface area (Å²) in [5.74, 6) is 1.76. The van der Waals surface area contributed by atoms with E-state index in [-0.39, 0.29) is 0 Å². The standard InChI is InChI=1S/C15H15N7O/c1-9(2)12-6-14(22-15(19-12)17-8-18-22)16-7-10-3-4-11-13(5-10)21-23-20-11/h3-6,8-9,16H,7H2,1-2H3. The Balaban J connectivity index is 1.65. The van der Waals surface area contributed by atoms with Gasteiger partial charge in [0.1, 0.15) is 23.2 Å². The van der Waals surface area contributed by atoms with Crippen LogP contribution in [0, 0.1) is 0 Å². The van der Waals surface area contributed by atoms with E-state index in [0.29, 0.717) is 18.2 Å². The van der Waals surface area contributed by atoms with Gasteiger partial charge < -0.3 is 5.32 Å². The highest BCUT2D eigenvalue weighted by Gasteiger charge is 2.10. The zero-order chi connectivity index (χ0) is 15.8. The minimum atomic E-state index is 0.315. The van der Waals surface area contributed by atoms with E-state index < -0.39 is 0 Å². The van der Waals surface area contributed by atoms with Gasteiger partial charge in [0.25, 0.3) is 5.78 Å². The minimum Gasteiger partial charge on any atom is -0.366 e. The van der Waals surface area contributed by atoms with Crippen LogP contribution in [0.4, 0.5) is 5.82 Å². The summed E-state index contributed by atoms with van der Waals surface area (Å²) in [6.45, 7) is 4.83. The van der Waals surface area contributed by atoms with E-state index in [9.17, 15) is 0 Å². The van der Waals surface area contributed by atoms with E-state index in [1.54, 1.807) is 4.52 Å². The molecule has 4 rings (SSSR count). The molecule has 1 aromatic carbocycles. The topological polar surface area (TPSA) is 94.0 Å². The Morgan fingerprint density at radius 3 is 2.91 bits per heavy atom. The van der Waals surface area contributed by atoms with Gasteiger partial charge in [0.2, 0.25) is 0 Å². The third-order valence-electron chi connectivity index (χ3n) is 3.65. The molecule has 0 unspecified atom stereocenters. The average molecular weight is 309 g/mol. The molecule has 0 aliphatic carbocycles. The van der Waals surface area contributed by atoms with Crippen molar-refractivity contribution in [3.8, 4) is 0 Å². The second-order valence-corrected chi connectivity index (χ2v) is 5.63. The first kappa shape index (κ1) is 13.6. The number of benzene rings is 1. The molecule has 23 heavy (non-hydrogen) atoms. The molecule has 4 aromatic rings. The molecule has 0 fully saturated rings. The molecular weight excluding hydrogens is 294 g/mol. The first-order valence-electron chi connectivity index (χ1n) is 7.36. The van der Waals surface area contributed by atoms with Crippen LogP contribution in [-0.4, -0.2) is 29.9 Å². The Kier molecular flexibility index (Phi) is 3.14. The van der Waals surface area contributed by atoms with Gasteiger partial charge in [-0.25, -0.2) is 9.61 Å². The van der Waals surface area contributed by atoms with Crippen molar-refractivity contribution in [2.24, 2.45) is 0 Å². The second-order valence-electron chi connectivity index (χ2n) is 5.63. The molecule has 0 bridgehead atoms. The number of aromatic nitrogens is 6. The quantitative estimate of drug-likeness (QED) is 0.618. The summed E-state index contributed by atoms with van der Waals surface area (Å²) >= 11 is 0. The van der Waals surface area contributed by atoms with Gasteiger partial charge in [-0.05, 0) is 33.9 Å². The van der Waals surface area contributed by atoms with Gasteiger partial charge >= 0.3 is 0 Å². The lowest BCUT2D eigenvalue weighted by Crippen LogP contribution is -2.08. The fourth-order valence-corrected chi connectivity index (χ4v) is 2.38. The number of hydrogen-bond acceptors (Lipinski definition) is 7. The second kappa shape index (κ2) is 5.31. The van der Waals surface area contributed by atoms with Gasteiger partial charge in [-0.3, -0.25) is 0 Å². The van der Waals surface area contributed by atoms with Gasteiger partial charge in [0, 0.05) is 12.6 Å². The minimum absolute atomic E-state index is 0.315. The smallest absolute Gasteiger partial charge is 0.254 e. The molecule has 8 heteroatoms. The highest BCUT2D eigenvalue weighted by molar-refractivity contribution is 5.73. The molecule has 0 radical (unpaired) electrons. The molecule has 0 aliphatic heterocycles. The van der Waals surface area contributed by atoms with Crippen LogP contribution >= 0.6 is 0 Å². The third-order valence-corrected chi connectivity index (χ3v) is 3.65. The number of fused-ring (bicyclic) bond motifs is 2. The van der Waals surface area contributed by atoms with E-state index in [1.807, 2.05) is 24.3 Å². The first-order valence-corrected chi connectivity index (χ1v) is 7.36. The highest BCUT2D eigenvalue weighted by Crippen LogP contribution is 2.19. The summed E-state index contributed by atoms with van der Waals surface area (Å²) < 4.78 is 6.42. The molecule has 3 aromatic heterocycles. The van der Waals surface area contributed by atoms with Crippen molar-refractivity contribution < 1.29 is 4.63 Å². The van der Waals surface area contributed by atoms with Crippen LogP contribution in [0.2, 0.25) is 0 Å². The highest BCUT2D eigenvalue weighted by atomic mass is 16.6. The number of anilines is 1. The maximum Gasteiger partial charge on any atom is 0.254 e. The molecule has 3 heterocycles. The summed E-state index contributed by atoms with van der Waals surface area (Å²) in [6.07, 6.45) is 1.50. The molecule has 0 spiro atoms. The fraction of sp³-hybridized carbons (Fsp3) is 0.267. The summed E-state index contributed by atoms with van der Waals surface area (Å²) in [5.41, 5.74) is 3.54. The lowest BCUT2D eigenvalue weighted by atomic mass is 10.1. The van der Waals surface area contributed by atoms with Crippen LogP contribution in [-0.2, 0) is 6.54 Å². The van der Waals surface area contributed by atoms with Crippen molar-refractivity contribution in [2.45, 2.75) is 26.3 Å². The third kappa shape index (κ3) is 2.48. The molecule has 0 saturated heterocycles. The van der Waals surface area contributed by atoms with E-state index in [2.05, 4.69) is 44.5 Å². The Morgan fingerprint density at radius 2 is 2.04 bits per heavy atom. The van der Waals surface area contributed by atoms with Gasteiger partial charge in [0.05, 0.1) is 5.69 Å². The maximum absolute atomic E-state index is 4.72. The molecule has 0 saturated carbocycles. The van der Waals surface area contributed by atoms with Gasteiger partial charge in [-0.1, -0.05) is 19.9 Å². The number of nitrogens with one attached hydrogen (secondary N) is 1. The van der Waals surface area contributed by atoms with E-state index >= 15 is 0 Å². The fourth-order valence-electron chi connectivity index (χ4n) is 2.38. The summed E-state index contributed by atoms with van der Waals surface area (Å²) in [7, 11) is 0. The molecule has 116 valence electrons. The van der Waals surface area contributed by atoms with Crippen molar-refractivity contribution >= 4 is 22.6 Å². The van der Waals surface area contributed by atoms with Crippen LogP contribution in [0.1, 0.15) is 31.0 Å². The lowest BCUT2D eigenvalue weighted by Gasteiger charge is -2.11. The lowest BCUT2D eigenvalue weighted by molar-refractivity contribution is 0.315. The number of rotatable bonds is 4. The van der Waals surface area contributed by atoms with Gasteiger partial charge in [-0.15, -0.1) is 0 Å². The maximum atomic E-state index is 4.72. The Hall–Kier alpha value is -3.03. The Morgan fingerprint density at radius 1 is 1.17 bits per heavy atom. The predicted molar refractivity (Wildman–Crippen MR) is 84.0 cm³/mol. The zero-order valence-electron chi connectivity index (χ0n) is 12.8. The largest absolute Gasteiger partial charge is 0.366 e. The molecule has 1 N–H and O–H groups in total. The zero-order valence-corrected chi connectivity index (χ0v) is 12.8. The molecular formula is C15H15N7O. The summed E-state index contributed by atoms with van der Waals surface area (Å²) in [5, 5.41) is 15.3. The van der Waals surface area contributed by atoms with Crippen LogP contribution in [0.25, 0.3) is 16.8 Å². The number of nitrogens with zero attached hydrogens (tertiary/aromatic N) is 6. The van der Waals surface area contributed by atoms with Crippen molar-refractivity contribution in [3.05, 3.63) is 41.9 Å². The molecule has 0 amide bonds.